The number of aryl methyl sites for hydroxylation is 1. The highest BCUT2D eigenvalue weighted by Crippen LogP contribution is 2.33. The van der Waals surface area contributed by atoms with Gasteiger partial charge in [-0.05, 0) is 93.5 Å². The predicted octanol–water partition coefficient (Wildman–Crippen LogP) is 7.20. The number of H-pyrrole nitrogens is 2. The number of halogens is 1. The molecule has 0 aliphatic rings. The Bertz CT molecular complexity index is 1900. The summed E-state index contributed by atoms with van der Waals surface area (Å²) in [7, 11) is 4.08. The van der Waals surface area contributed by atoms with Crippen molar-refractivity contribution < 1.29 is 4.39 Å². The minimum absolute atomic E-state index is 0.277. The van der Waals surface area contributed by atoms with E-state index in [2.05, 4.69) is 61.0 Å². The molecule has 0 fully saturated rings. The molecule has 0 aliphatic heterocycles. The van der Waals surface area contributed by atoms with E-state index in [1.165, 1.54) is 6.07 Å². The molecular formula is C33H33FN8. The first-order valence-electron chi connectivity index (χ1n) is 14.1. The topological polar surface area (TPSA) is 98.4 Å². The van der Waals surface area contributed by atoms with Gasteiger partial charge in [-0.2, -0.15) is 5.10 Å². The Morgan fingerprint density at radius 1 is 0.976 bits per heavy atom. The molecule has 0 saturated carbocycles. The van der Waals surface area contributed by atoms with E-state index in [0.29, 0.717) is 28.3 Å². The number of imidazole rings is 1. The van der Waals surface area contributed by atoms with Gasteiger partial charge in [-0.1, -0.05) is 19.6 Å². The summed E-state index contributed by atoms with van der Waals surface area (Å²) in [5, 5.41) is 12.0. The normalized spacial score (nSPS) is 11.5. The van der Waals surface area contributed by atoms with Gasteiger partial charge in [0.1, 0.15) is 17.0 Å². The molecule has 0 saturated heterocycles. The second-order valence-corrected chi connectivity index (χ2v) is 10.8. The van der Waals surface area contributed by atoms with Gasteiger partial charge in [0.15, 0.2) is 5.82 Å². The van der Waals surface area contributed by atoms with E-state index in [1.54, 1.807) is 18.5 Å². The summed E-state index contributed by atoms with van der Waals surface area (Å²) in [6, 6.07) is 15.2. The molecular weight excluding hydrogens is 527 g/mol. The minimum Gasteiger partial charge on any atom is -0.358 e. The SMILES string of the molecule is C=C(CC)Nc1cncc(-c2ccc3[nH]nc(-c4nc5c(-c6cc(F)cc(CCCN(C)C)c6)nccc5[nH]4)c3c2)c1. The number of nitrogens with zero attached hydrogens (tertiary/aromatic N) is 5. The zero-order valence-electron chi connectivity index (χ0n) is 24.0. The highest BCUT2D eigenvalue weighted by Gasteiger charge is 2.17. The molecule has 2 aromatic carbocycles. The van der Waals surface area contributed by atoms with E-state index in [-0.39, 0.29) is 5.82 Å². The number of nitrogens with one attached hydrogen (secondary N) is 3. The highest BCUT2D eigenvalue weighted by atomic mass is 19.1. The number of anilines is 1. The second-order valence-electron chi connectivity index (χ2n) is 10.8. The minimum atomic E-state index is -0.277. The third kappa shape index (κ3) is 5.64. The Morgan fingerprint density at radius 3 is 2.69 bits per heavy atom. The maximum atomic E-state index is 14.7. The van der Waals surface area contributed by atoms with Gasteiger partial charge in [0.2, 0.25) is 0 Å². The van der Waals surface area contributed by atoms with E-state index in [9.17, 15) is 4.39 Å². The average Bonchev–Trinajstić information content (AvgIpc) is 3.60. The van der Waals surface area contributed by atoms with Gasteiger partial charge in [0.05, 0.1) is 28.6 Å². The number of allylic oxidation sites excluding steroid dienone is 1. The summed E-state index contributed by atoms with van der Waals surface area (Å²) in [4.78, 5) is 19.5. The molecule has 0 amide bonds. The zero-order valence-corrected chi connectivity index (χ0v) is 24.0. The van der Waals surface area contributed by atoms with Crippen LogP contribution in [0.3, 0.4) is 0 Å². The van der Waals surface area contributed by atoms with Gasteiger partial charge in [-0.25, -0.2) is 9.37 Å². The number of benzene rings is 2. The van der Waals surface area contributed by atoms with Gasteiger partial charge in [-0.15, -0.1) is 0 Å². The lowest BCUT2D eigenvalue weighted by atomic mass is 10.0. The smallest absolute Gasteiger partial charge is 0.159 e. The van der Waals surface area contributed by atoms with Crippen LogP contribution in [0.1, 0.15) is 25.3 Å². The van der Waals surface area contributed by atoms with Crippen molar-refractivity contribution in [3.05, 3.63) is 90.8 Å². The molecule has 0 spiro atoms. The summed E-state index contributed by atoms with van der Waals surface area (Å²) < 4.78 is 14.7. The fourth-order valence-electron chi connectivity index (χ4n) is 5.12. The largest absolute Gasteiger partial charge is 0.358 e. The Kier molecular flexibility index (Phi) is 7.50. The van der Waals surface area contributed by atoms with Crippen LogP contribution in [0.25, 0.3) is 55.8 Å². The Hall–Kier alpha value is -4.89. The van der Waals surface area contributed by atoms with E-state index >= 15 is 0 Å². The van der Waals surface area contributed by atoms with Gasteiger partial charge in [0.25, 0.3) is 0 Å². The molecule has 6 aromatic rings. The van der Waals surface area contributed by atoms with Crippen molar-refractivity contribution in [2.24, 2.45) is 0 Å². The van der Waals surface area contributed by atoms with Crippen LogP contribution < -0.4 is 5.32 Å². The van der Waals surface area contributed by atoms with E-state index in [4.69, 9.17) is 4.98 Å². The molecule has 3 N–H and O–H groups in total. The average molecular weight is 561 g/mol. The highest BCUT2D eigenvalue weighted by molar-refractivity contribution is 5.97. The summed E-state index contributed by atoms with van der Waals surface area (Å²) >= 11 is 0. The van der Waals surface area contributed by atoms with Crippen LogP contribution in [0.2, 0.25) is 0 Å². The lowest BCUT2D eigenvalue weighted by molar-refractivity contribution is 0.400. The molecule has 4 heterocycles. The summed E-state index contributed by atoms with van der Waals surface area (Å²) in [6.45, 7) is 7.03. The fraction of sp³-hybridized carbons (Fsp3) is 0.212. The van der Waals surface area contributed by atoms with Crippen molar-refractivity contribution in [1.29, 1.82) is 0 Å². The Labute approximate surface area is 243 Å². The summed E-state index contributed by atoms with van der Waals surface area (Å²) in [6.07, 6.45) is 7.91. The number of fused-ring (bicyclic) bond motifs is 2. The first-order valence-corrected chi connectivity index (χ1v) is 14.1. The fourth-order valence-corrected chi connectivity index (χ4v) is 5.12. The number of aromatic amines is 2. The van der Waals surface area contributed by atoms with E-state index in [1.807, 2.05) is 44.6 Å². The molecule has 0 atom stereocenters. The van der Waals surface area contributed by atoms with Crippen LogP contribution in [0.4, 0.5) is 10.1 Å². The number of pyridine rings is 2. The lowest BCUT2D eigenvalue weighted by Crippen LogP contribution is -2.13. The van der Waals surface area contributed by atoms with Crippen molar-refractivity contribution in [3.63, 3.8) is 0 Å². The zero-order chi connectivity index (χ0) is 29.2. The second kappa shape index (κ2) is 11.5. The van der Waals surface area contributed by atoms with Gasteiger partial charge < -0.3 is 15.2 Å². The van der Waals surface area contributed by atoms with Gasteiger partial charge in [-0.3, -0.25) is 15.1 Å². The van der Waals surface area contributed by atoms with Crippen molar-refractivity contribution in [1.82, 2.24) is 35.0 Å². The van der Waals surface area contributed by atoms with Crippen LogP contribution in [0.15, 0.2) is 79.4 Å². The number of rotatable bonds is 10. The maximum Gasteiger partial charge on any atom is 0.159 e. The molecule has 4 aromatic heterocycles. The molecule has 0 radical (unpaired) electrons. The van der Waals surface area contributed by atoms with Crippen LogP contribution in [0, 0.1) is 5.82 Å². The van der Waals surface area contributed by atoms with Gasteiger partial charge >= 0.3 is 0 Å². The third-order valence-electron chi connectivity index (χ3n) is 7.31. The van der Waals surface area contributed by atoms with Crippen molar-refractivity contribution in [2.75, 3.05) is 26.0 Å². The predicted molar refractivity (Wildman–Crippen MR) is 168 cm³/mol. The molecule has 6 rings (SSSR count). The number of aromatic nitrogens is 6. The van der Waals surface area contributed by atoms with E-state index in [0.717, 1.165) is 70.3 Å². The van der Waals surface area contributed by atoms with Crippen molar-refractivity contribution >= 4 is 27.6 Å². The monoisotopic (exact) mass is 560 g/mol. The lowest BCUT2D eigenvalue weighted by Gasteiger charge is -2.10. The Morgan fingerprint density at radius 2 is 1.86 bits per heavy atom. The summed E-state index contributed by atoms with van der Waals surface area (Å²) in [5.74, 6) is 0.332. The van der Waals surface area contributed by atoms with Crippen LogP contribution >= 0.6 is 0 Å². The van der Waals surface area contributed by atoms with Crippen molar-refractivity contribution in [2.45, 2.75) is 26.2 Å². The van der Waals surface area contributed by atoms with Crippen LogP contribution in [-0.2, 0) is 6.42 Å². The molecule has 42 heavy (non-hydrogen) atoms. The Balaban J connectivity index is 1.36. The molecule has 8 nitrogen and oxygen atoms in total. The molecule has 0 unspecified atom stereocenters. The first kappa shape index (κ1) is 27.3. The molecule has 9 heteroatoms. The van der Waals surface area contributed by atoms with Crippen LogP contribution in [0.5, 0.6) is 0 Å². The number of hydrogen-bond donors (Lipinski definition) is 3. The quantitative estimate of drug-likeness (QED) is 0.164. The van der Waals surface area contributed by atoms with E-state index < -0.39 is 0 Å². The van der Waals surface area contributed by atoms with Crippen LogP contribution in [-0.4, -0.2) is 55.7 Å². The molecule has 0 aliphatic carbocycles. The van der Waals surface area contributed by atoms with Gasteiger partial charge in [0, 0.05) is 34.6 Å². The molecule has 212 valence electrons. The maximum absolute atomic E-state index is 14.7. The molecule has 0 bridgehead atoms. The third-order valence-corrected chi connectivity index (χ3v) is 7.31. The van der Waals surface area contributed by atoms with Crippen molar-refractivity contribution in [3.8, 4) is 33.9 Å². The summed E-state index contributed by atoms with van der Waals surface area (Å²) in [5.41, 5.74) is 9.14. The number of hydrogen-bond acceptors (Lipinski definition) is 6. The first-order chi connectivity index (χ1) is 20.4. The standard InChI is InChI=1S/C33H33FN8/c1-5-20(2)37-26-16-24(18-35-19-26)22-8-9-28-27(17-22)31(41-40-28)33-38-29-10-11-36-30(32(29)39-33)23-13-21(14-25(34)15-23)7-6-12-42(3)4/h8-11,13-19,37H,2,5-7,12H2,1,3-4H3,(H,38,39)(H,40,41).